The fourth-order valence-electron chi connectivity index (χ4n) is 2.44. The molecule has 0 aliphatic rings. The third kappa shape index (κ3) is 3.60. The summed E-state index contributed by atoms with van der Waals surface area (Å²) in [4.78, 5) is 16.7. The standard InChI is InChI=1S/C18H18N4O3/c1-24-15-7-6-12(9-16(15)25-2)17-14(11-21-22-17)18(23)20-10-13-5-3-4-8-19-13/h3-9,11H,10H2,1-2H3,(H,20,23)(H,21,22). The Morgan fingerprint density at radius 3 is 2.72 bits per heavy atom. The Bertz CT molecular complexity index is 862. The van der Waals surface area contributed by atoms with E-state index in [0.29, 0.717) is 29.3 Å². The summed E-state index contributed by atoms with van der Waals surface area (Å²) in [5.41, 5.74) is 2.62. The van der Waals surface area contributed by atoms with Crippen LogP contribution in [0.4, 0.5) is 0 Å². The second kappa shape index (κ2) is 7.48. The molecule has 7 nitrogen and oxygen atoms in total. The lowest BCUT2D eigenvalue weighted by Gasteiger charge is -2.10. The molecule has 0 bridgehead atoms. The molecule has 25 heavy (non-hydrogen) atoms. The first-order valence-electron chi connectivity index (χ1n) is 7.66. The number of nitrogens with zero attached hydrogens (tertiary/aromatic N) is 2. The predicted octanol–water partition coefficient (Wildman–Crippen LogP) is 2.42. The molecule has 0 spiro atoms. The number of carbonyl (C=O) groups is 1. The van der Waals surface area contributed by atoms with Crippen molar-refractivity contribution in [2.75, 3.05) is 14.2 Å². The Hall–Kier alpha value is -3.35. The molecule has 7 heteroatoms. The van der Waals surface area contributed by atoms with E-state index in [1.165, 1.54) is 6.20 Å². The van der Waals surface area contributed by atoms with Gasteiger partial charge >= 0.3 is 0 Å². The van der Waals surface area contributed by atoms with E-state index in [9.17, 15) is 4.79 Å². The molecular formula is C18H18N4O3. The van der Waals surface area contributed by atoms with Crippen LogP contribution in [0.5, 0.6) is 11.5 Å². The van der Waals surface area contributed by atoms with E-state index < -0.39 is 0 Å². The molecule has 0 radical (unpaired) electrons. The van der Waals surface area contributed by atoms with Crippen molar-refractivity contribution in [3.63, 3.8) is 0 Å². The van der Waals surface area contributed by atoms with Crippen LogP contribution >= 0.6 is 0 Å². The number of benzene rings is 1. The molecule has 2 aromatic heterocycles. The van der Waals surface area contributed by atoms with Gasteiger partial charge in [0, 0.05) is 11.8 Å². The Labute approximate surface area is 145 Å². The van der Waals surface area contributed by atoms with Crippen LogP contribution in [0, 0.1) is 0 Å². The van der Waals surface area contributed by atoms with Crippen molar-refractivity contribution < 1.29 is 14.3 Å². The fraction of sp³-hybridized carbons (Fsp3) is 0.167. The van der Waals surface area contributed by atoms with Crippen molar-refractivity contribution in [3.05, 3.63) is 60.0 Å². The molecule has 3 rings (SSSR count). The molecule has 0 fully saturated rings. The lowest BCUT2D eigenvalue weighted by Crippen LogP contribution is -2.23. The number of pyridine rings is 1. The molecule has 0 atom stereocenters. The van der Waals surface area contributed by atoms with Crippen molar-refractivity contribution in [2.45, 2.75) is 6.54 Å². The highest BCUT2D eigenvalue weighted by molar-refractivity contribution is 5.99. The molecule has 0 aliphatic carbocycles. The van der Waals surface area contributed by atoms with Gasteiger partial charge in [0.1, 0.15) is 0 Å². The predicted molar refractivity (Wildman–Crippen MR) is 92.5 cm³/mol. The maximum Gasteiger partial charge on any atom is 0.255 e. The van der Waals surface area contributed by atoms with E-state index in [1.807, 2.05) is 24.3 Å². The zero-order valence-corrected chi connectivity index (χ0v) is 13.9. The van der Waals surface area contributed by atoms with E-state index in [1.54, 1.807) is 32.5 Å². The third-order valence-electron chi connectivity index (χ3n) is 3.71. The first-order chi connectivity index (χ1) is 12.2. The number of H-pyrrole nitrogens is 1. The SMILES string of the molecule is COc1ccc(-c2[nH]ncc2C(=O)NCc2ccccn2)cc1OC. The number of aromatic nitrogens is 3. The Kier molecular flexibility index (Phi) is 4.94. The normalized spacial score (nSPS) is 10.3. The van der Waals surface area contributed by atoms with Crippen molar-refractivity contribution in [1.82, 2.24) is 20.5 Å². The quantitative estimate of drug-likeness (QED) is 0.720. The van der Waals surface area contributed by atoms with Gasteiger partial charge in [-0.1, -0.05) is 6.07 Å². The van der Waals surface area contributed by atoms with E-state index in [0.717, 1.165) is 11.3 Å². The molecule has 1 aromatic carbocycles. The lowest BCUT2D eigenvalue weighted by atomic mass is 10.1. The van der Waals surface area contributed by atoms with Crippen molar-refractivity contribution in [3.8, 4) is 22.8 Å². The van der Waals surface area contributed by atoms with Crippen LogP contribution in [-0.4, -0.2) is 35.3 Å². The van der Waals surface area contributed by atoms with Crippen LogP contribution in [-0.2, 0) is 6.54 Å². The van der Waals surface area contributed by atoms with Gasteiger partial charge < -0.3 is 14.8 Å². The number of amides is 1. The Morgan fingerprint density at radius 2 is 2.00 bits per heavy atom. The zero-order chi connectivity index (χ0) is 17.6. The topological polar surface area (TPSA) is 89.1 Å². The highest BCUT2D eigenvalue weighted by atomic mass is 16.5. The summed E-state index contributed by atoms with van der Waals surface area (Å²) in [7, 11) is 3.14. The number of methoxy groups -OCH3 is 2. The molecular weight excluding hydrogens is 320 g/mol. The highest BCUT2D eigenvalue weighted by Crippen LogP contribution is 2.32. The molecule has 0 aliphatic heterocycles. The monoisotopic (exact) mass is 338 g/mol. The van der Waals surface area contributed by atoms with Gasteiger partial charge in [0.25, 0.3) is 5.91 Å². The lowest BCUT2D eigenvalue weighted by molar-refractivity contribution is 0.0951. The number of nitrogens with one attached hydrogen (secondary N) is 2. The number of ether oxygens (including phenoxy) is 2. The molecule has 3 aromatic rings. The largest absolute Gasteiger partial charge is 0.493 e. The van der Waals surface area contributed by atoms with Crippen LogP contribution < -0.4 is 14.8 Å². The van der Waals surface area contributed by atoms with Gasteiger partial charge in [-0.15, -0.1) is 0 Å². The van der Waals surface area contributed by atoms with Gasteiger partial charge in [0.05, 0.1) is 43.9 Å². The van der Waals surface area contributed by atoms with Gasteiger partial charge in [-0.05, 0) is 30.3 Å². The van der Waals surface area contributed by atoms with Crippen LogP contribution in [0.2, 0.25) is 0 Å². The smallest absolute Gasteiger partial charge is 0.255 e. The first-order valence-corrected chi connectivity index (χ1v) is 7.66. The third-order valence-corrected chi connectivity index (χ3v) is 3.71. The fourth-order valence-corrected chi connectivity index (χ4v) is 2.44. The second-order valence-corrected chi connectivity index (χ2v) is 5.23. The molecule has 2 heterocycles. The van der Waals surface area contributed by atoms with Crippen LogP contribution in [0.3, 0.4) is 0 Å². The highest BCUT2D eigenvalue weighted by Gasteiger charge is 2.17. The van der Waals surface area contributed by atoms with E-state index in [-0.39, 0.29) is 5.91 Å². The molecule has 0 saturated heterocycles. The van der Waals surface area contributed by atoms with Crippen LogP contribution in [0.1, 0.15) is 16.1 Å². The number of rotatable bonds is 6. The minimum atomic E-state index is -0.232. The molecule has 1 amide bonds. The average Bonchev–Trinajstić information content (AvgIpc) is 3.16. The minimum absolute atomic E-state index is 0.232. The Balaban J connectivity index is 1.81. The van der Waals surface area contributed by atoms with Gasteiger partial charge in [-0.2, -0.15) is 5.10 Å². The summed E-state index contributed by atoms with van der Waals surface area (Å²) >= 11 is 0. The molecule has 0 unspecified atom stereocenters. The van der Waals surface area contributed by atoms with Gasteiger partial charge in [-0.3, -0.25) is 14.9 Å². The minimum Gasteiger partial charge on any atom is -0.493 e. The number of carbonyl (C=O) groups excluding carboxylic acids is 1. The summed E-state index contributed by atoms with van der Waals surface area (Å²) in [6.45, 7) is 0.343. The van der Waals surface area contributed by atoms with E-state index in [4.69, 9.17) is 9.47 Å². The number of aromatic amines is 1. The van der Waals surface area contributed by atoms with E-state index in [2.05, 4.69) is 20.5 Å². The summed E-state index contributed by atoms with van der Waals surface area (Å²) in [6.07, 6.45) is 3.19. The Morgan fingerprint density at radius 1 is 1.16 bits per heavy atom. The zero-order valence-electron chi connectivity index (χ0n) is 13.9. The summed E-state index contributed by atoms with van der Waals surface area (Å²) in [5, 5.41) is 9.71. The summed E-state index contributed by atoms with van der Waals surface area (Å²) in [5.74, 6) is 0.963. The molecule has 2 N–H and O–H groups in total. The maximum absolute atomic E-state index is 12.5. The van der Waals surface area contributed by atoms with Gasteiger partial charge in [0.15, 0.2) is 11.5 Å². The van der Waals surface area contributed by atoms with Gasteiger partial charge in [-0.25, -0.2) is 0 Å². The van der Waals surface area contributed by atoms with Gasteiger partial charge in [0.2, 0.25) is 0 Å². The summed E-state index contributed by atoms with van der Waals surface area (Å²) < 4.78 is 10.5. The van der Waals surface area contributed by atoms with Crippen molar-refractivity contribution >= 4 is 5.91 Å². The first kappa shape index (κ1) is 16.5. The summed E-state index contributed by atoms with van der Waals surface area (Å²) in [6, 6.07) is 11.0. The number of hydrogen-bond donors (Lipinski definition) is 2. The maximum atomic E-state index is 12.5. The molecule has 128 valence electrons. The molecule has 0 saturated carbocycles. The van der Waals surface area contributed by atoms with E-state index >= 15 is 0 Å². The number of hydrogen-bond acceptors (Lipinski definition) is 5. The van der Waals surface area contributed by atoms with Crippen molar-refractivity contribution in [2.24, 2.45) is 0 Å². The van der Waals surface area contributed by atoms with Crippen LogP contribution in [0.15, 0.2) is 48.8 Å². The average molecular weight is 338 g/mol. The van der Waals surface area contributed by atoms with Crippen molar-refractivity contribution in [1.29, 1.82) is 0 Å². The second-order valence-electron chi connectivity index (χ2n) is 5.23. The van der Waals surface area contributed by atoms with Crippen LogP contribution in [0.25, 0.3) is 11.3 Å².